The number of halogens is 2. The van der Waals surface area contributed by atoms with Crippen molar-refractivity contribution >= 4 is 29.1 Å². The van der Waals surface area contributed by atoms with E-state index in [2.05, 4.69) is 0 Å². The molecule has 0 heterocycles. The van der Waals surface area contributed by atoms with Crippen LogP contribution in [-0.4, -0.2) is 5.21 Å². The lowest BCUT2D eigenvalue weighted by Gasteiger charge is -2.11. The summed E-state index contributed by atoms with van der Waals surface area (Å²) in [5, 5.41) is 10.3. The fraction of sp³-hybridized carbons (Fsp3) is 0. The van der Waals surface area contributed by atoms with Gasteiger partial charge in [0.15, 0.2) is 0 Å². The fourth-order valence-corrected chi connectivity index (χ4v) is 0.855. The topological polar surface area (TPSA) is 35.5 Å². The van der Waals surface area contributed by atoms with Crippen molar-refractivity contribution in [3.8, 4) is 0 Å². The Morgan fingerprint density at radius 3 is 2.27 bits per heavy atom. The molecule has 0 fully saturated rings. The van der Waals surface area contributed by atoms with E-state index in [1.165, 1.54) is 0 Å². The van der Waals surface area contributed by atoms with Crippen LogP contribution in [0.1, 0.15) is 0 Å². The van der Waals surface area contributed by atoms with E-state index in [4.69, 9.17) is 28.6 Å². The van der Waals surface area contributed by atoms with Gasteiger partial charge in [-0.25, -0.2) is 0 Å². The number of hydrogen-bond donors (Lipinski definition) is 2. The lowest BCUT2D eigenvalue weighted by molar-refractivity contribution is 0.240. The maximum atomic E-state index is 8.97. The van der Waals surface area contributed by atoms with Crippen molar-refractivity contribution in [2.75, 3.05) is 5.17 Å². The van der Waals surface area contributed by atoms with Crippen LogP contribution in [0, 0.1) is 0 Å². The summed E-state index contributed by atoms with van der Waals surface area (Å²) in [4.78, 5) is 2.02. The van der Waals surface area contributed by atoms with E-state index in [1.807, 2.05) is 4.94 Å². The summed E-state index contributed by atoms with van der Waals surface area (Å²) < 4.78 is 0. The van der Waals surface area contributed by atoms with Crippen LogP contribution in [0.2, 0.25) is 5.02 Å². The lowest BCUT2D eigenvalue weighted by atomic mass is 10.3. The number of anilines is 1. The highest BCUT2D eigenvalue weighted by atomic mass is 35.5. The van der Waals surface area contributed by atoms with Crippen LogP contribution >= 0.6 is 23.4 Å². The standard InChI is InChI=1S/C6H6Cl2N2O/c7-5-1-3-6(4-2-5)10(11)9-8/h1-4,9,11H. The minimum Gasteiger partial charge on any atom is -0.272 e. The maximum absolute atomic E-state index is 8.97. The molecule has 0 aliphatic carbocycles. The summed E-state index contributed by atoms with van der Waals surface area (Å²) in [5.74, 6) is 0. The van der Waals surface area contributed by atoms with Gasteiger partial charge in [-0.2, -0.15) is 5.17 Å². The Bertz CT molecular complexity index is 227. The van der Waals surface area contributed by atoms with E-state index in [0.717, 1.165) is 0 Å². The molecule has 0 aromatic heterocycles. The average molecular weight is 193 g/mol. The van der Waals surface area contributed by atoms with Gasteiger partial charge in [0.2, 0.25) is 0 Å². The number of hydrogen-bond acceptors (Lipinski definition) is 3. The van der Waals surface area contributed by atoms with Crippen LogP contribution in [0.15, 0.2) is 24.3 Å². The minimum atomic E-state index is 0.518. The molecule has 0 aliphatic rings. The van der Waals surface area contributed by atoms with Crippen molar-refractivity contribution in [1.29, 1.82) is 0 Å². The molecule has 0 bridgehead atoms. The summed E-state index contributed by atoms with van der Waals surface area (Å²) >= 11 is 10.7. The van der Waals surface area contributed by atoms with Crippen molar-refractivity contribution in [3.05, 3.63) is 29.3 Å². The summed E-state index contributed by atoms with van der Waals surface area (Å²) in [7, 11) is 0. The van der Waals surface area contributed by atoms with Crippen LogP contribution in [0.4, 0.5) is 5.69 Å². The summed E-state index contributed by atoms with van der Waals surface area (Å²) in [6.07, 6.45) is 0. The number of benzene rings is 1. The third-order valence-corrected chi connectivity index (χ3v) is 1.56. The van der Waals surface area contributed by atoms with Crippen LogP contribution in [0.25, 0.3) is 0 Å². The summed E-state index contributed by atoms with van der Waals surface area (Å²) in [6.45, 7) is 0. The Labute approximate surface area is 74.2 Å². The molecule has 3 nitrogen and oxygen atoms in total. The molecule has 0 amide bonds. The van der Waals surface area contributed by atoms with E-state index >= 15 is 0 Å². The highest BCUT2D eigenvalue weighted by Crippen LogP contribution is 2.15. The molecular formula is C6H6Cl2N2O. The molecular weight excluding hydrogens is 187 g/mol. The first-order valence-electron chi connectivity index (χ1n) is 2.85. The third-order valence-electron chi connectivity index (χ3n) is 1.15. The monoisotopic (exact) mass is 192 g/mol. The van der Waals surface area contributed by atoms with E-state index < -0.39 is 0 Å². The normalized spacial score (nSPS) is 9.73. The van der Waals surface area contributed by atoms with Gasteiger partial charge in [0, 0.05) is 5.02 Å². The lowest BCUT2D eigenvalue weighted by Crippen LogP contribution is -2.26. The molecule has 11 heavy (non-hydrogen) atoms. The molecule has 0 spiro atoms. The number of nitrogens with zero attached hydrogens (tertiary/aromatic N) is 1. The fourth-order valence-electron chi connectivity index (χ4n) is 0.631. The van der Waals surface area contributed by atoms with Crippen LogP contribution in [0.5, 0.6) is 0 Å². The average Bonchev–Trinajstić information content (AvgIpc) is 2.05. The maximum Gasteiger partial charge on any atom is 0.0835 e. The molecule has 2 N–H and O–H groups in total. The molecule has 1 rings (SSSR count). The first-order chi connectivity index (χ1) is 5.24. The second kappa shape index (κ2) is 3.78. The molecule has 0 saturated heterocycles. The zero-order chi connectivity index (χ0) is 8.27. The molecule has 0 unspecified atom stereocenters. The number of hydrazine groups is 1. The molecule has 60 valence electrons. The van der Waals surface area contributed by atoms with Gasteiger partial charge < -0.3 is 0 Å². The second-order valence-electron chi connectivity index (χ2n) is 1.87. The van der Waals surface area contributed by atoms with Gasteiger partial charge >= 0.3 is 0 Å². The van der Waals surface area contributed by atoms with Crippen molar-refractivity contribution in [2.45, 2.75) is 0 Å². The van der Waals surface area contributed by atoms with Crippen molar-refractivity contribution in [1.82, 2.24) is 4.94 Å². The van der Waals surface area contributed by atoms with E-state index in [-0.39, 0.29) is 0 Å². The quantitative estimate of drug-likeness (QED) is 0.558. The zero-order valence-electron chi connectivity index (χ0n) is 5.46. The highest BCUT2D eigenvalue weighted by Gasteiger charge is 1.98. The molecule has 0 saturated carbocycles. The van der Waals surface area contributed by atoms with Gasteiger partial charge in [-0.3, -0.25) is 5.21 Å². The van der Waals surface area contributed by atoms with Gasteiger partial charge in [-0.1, -0.05) is 11.6 Å². The molecule has 1 aromatic carbocycles. The number of rotatable bonds is 2. The predicted molar refractivity (Wildman–Crippen MR) is 44.7 cm³/mol. The van der Waals surface area contributed by atoms with Gasteiger partial charge in [0.05, 0.1) is 5.69 Å². The number of nitrogens with one attached hydrogen (secondary N) is 1. The van der Waals surface area contributed by atoms with Crippen LogP contribution in [-0.2, 0) is 0 Å². The summed E-state index contributed by atoms with van der Waals surface area (Å²) in [5.41, 5.74) is 0.518. The third kappa shape index (κ3) is 2.24. The predicted octanol–water partition coefficient (Wildman–Crippen LogP) is 2.19. The van der Waals surface area contributed by atoms with E-state index in [0.29, 0.717) is 15.9 Å². The Hall–Kier alpha value is -0.480. The highest BCUT2D eigenvalue weighted by molar-refractivity contribution is 6.30. The Morgan fingerprint density at radius 1 is 1.27 bits per heavy atom. The van der Waals surface area contributed by atoms with Gasteiger partial charge in [-0.15, -0.1) is 4.94 Å². The zero-order valence-corrected chi connectivity index (χ0v) is 6.97. The molecule has 0 atom stereocenters. The molecule has 5 heteroatoms. The summed E-state index contributed by atoms with van der Waals surface area (Å²) in [6, 6.07) is 6.54. The van der Waals surface area contributed by atoms with Gasteiger partial charge in [-0.05, 0) is 36.0 Å². The second-order valence-corrected chi connectivity index (χ2v) is 2.48. The van der Waals surface area contributed by atoms with Crippen molar-refractivity contribution in [2.24, 2.45) is 0 Å². The molecule has 0 radical (unpaired) electrons. The van der Waals surface area contributed by atoms with Crippen LogP contribution < -0.4 is 10.1 Å². The molecule has 0 aliphatic heterocycles. The Kier molecular flexibility index (Phi) is 2.96. The van der Waals surface area contributed by atoms with E-state index in [9.17, 15) is 0 Å². The SMILES string of the molecule is ON(NCl)c1ccc(Cl)cc1. The first kappa shape index (κ1) is 8.62. The Morgan fingerprint density at radius 2 is 1.82 bits per heavy atom. The van der Waals surface area contributed by atoms with Crippen LogP contribution in [0.3, 0.4) is 0 Å². The van der Waals surface area contributed by atoms with Crippen molar-refractivity contribution in [3.63, 3.8) is 0 Å². The Balaban J connectivity index is 2.81. The largest absolute Gasteiger partial charge is 0.272 e. The first-order valence-corrected chi connectivity index (χ1v) is 3.60. The molecule has 1 aromatic rings. The van der Waals surface area contributed by atoms with E-state index in [1.54, 1.807) is 24.3 Å². The van der Waals surface area contributed by atoms with Gasteiger partial charge in [0.25, 0.3) is 0 Å². The van der Waals surface area contributed by atoms with Gasteiger partial charge in [0.1, 0.15) is 0 Å². The smallest absolute Gasteiger partial charge is 0.0835 e. The van der Waals surface area contributed by atoms with Crippen molar-refractivity contribution < 1.29 is 5.21 Å². The minimum absolute atomic E-state index is 0.518.